The quantitative estimate of drug-likeness (QED) is 0.208. The number of hydrogen-bond donors (Lipinski definition) is 0. The van der Waals surface area contributed by atoms with E-state index in [0.29, 0.717) is 0 Å². The molecule has 0 saturated carbocycles. The van der Waals surface area contributed by atoms with Gasteiger partial charge < -0.3 is 0 Å². The van der Waals surface area contributed by atoms with Gasteiger partial charge in [-0.25, -0.2) is 0 Å². The number of hydrogen-bond acceptors (Lipinski definition) is 2. The van der Waals surface area contributed by atoms with E-state index in [0.717, 1.165) is 0 Å². The van der Waals surface area contributed by atoms with Crippen molar-refractivity contribution in [3.63, 3.8) is 0 Å². The summed E-state index contributed by atoms with van der Waals surface area (Å²) < 4.78 is 5.47. The van der Waals surface area contributed by atoms with Gasteiger partial charge in [0.1, 0.15) is 0 Å². The van der Waals surface area contributed by atoms with Crippen LogP contribution in [0.2, 0.25) is 0 Å². The number of fused-ring (bicyclic) bond motifs is 11. The van der Waals surface area contributed by atoms with Gasteiger partial charge in [-0.3, -0.25) is 0 Å². The molecule has 0 unspecified atom stereocenters. The molecule has 0 spiro atoms. The van der Waals surface area contributed by atoms with Gasteiger partial charge in [0.05, 0.1) is 0 Å². The van der Waals surface area contributed by atoms with Crippen molar-refractivity contribution in [3.05, 3.63) is 144 Å². The minimum absolute atomic E-state index is 0.194. The Morgan fingerprint density at radius 2 is 1.08 bits per heavy atom. The topological polar surface area (TPSA) is 0 Å². The normalized spacial score (nSPS) is 16.2. The molecule has 0 saturated heterocycles. The summed E-state index contributed by atoms with van der Waals surface area (Å²) in [6.07, 6.45) is 9.20. The maximum absolute atomic E-state index is 2.40. The van der Waals surface area contributed by atoms with Crippen LogP contribution in [0.3, 0.4) is 0 Å². The average Bonchev–Trinajstić information content (AvgIpc) is 3.48. The summed E-state index contributed by atoms with van der Waals surface area (Å²) in [7, 11) is 0. The third-order valence-corrected chi connectivity index (χ3v) is 10.8. The second-order valence-electron chi connectivity index (χ2n) is 10.4. The highest BCUT2D eigenvalue weighted by Gasteiger charge is 2.32. The van der Waals surface area contributed by atoms with Crippen LogP contribution < -0.4 is 0 Å². The lowest BCUT2D eigenvalue weighted by Crippen LogP contribution is -2.10. The van der Waals surface area contributed by atoms with Crippen LogP contribution in [0, 0.1) is 0 Å². The first-order chi connectivity index (χ1) is 19.4. The molecule has 0 fully saturated rings. The molecule has 0 N–H and O–H groups in total. The lowest BCUT2D eigenvalue weighted by molar-refractivity contribution is 1.10. The van der Waals surface area contributed by atoms with Gasteiger partial charge in [0.2, 0.25) is 0 Å². The maximum Gasteiger partial charge on any atom is 0.0434 e. The fourth-order valence-electron chi connectivity index (χ4n) is 6.74. The monoisotopic (exact) mass is 530 g/mol. The summed E-state index contributed by atoms with van der Waals surface area (Å²) in [6, 6.07) is 38.3. The second-order valence-corrected chi connectivity index (χ2v) is 12.5. The zero-order valence-electron chi connectivity index (χ0n) is 21.0. The summed E-state index contributed by atoms with van der Waals surface area (Å²) in [4.78, 5) is 0. The van der Waals surface area contributed by atoms with E-state index in [4.69, 9.17) is 0 Å². The third kappa shape index (κ3) is 2.99. The molecule has 2 aromatic heterocycles. The van der Waals surface area contributed by atoms with Crippen LogP contribution in [0.25, 0.3) is 62.6 Å². The summed E-state index contributed by atoms with van der Waals surface area (Å²) >= 11 is 3.84. The minimum atomic E-state index is 0.194. The van der Waals surface area contributed by atoms with Gasteiger partial charge in [-0.15, -0.1) is 22.7 Å². The Labute approximate surface area is 234 Å². The molecule has 0 nitrogen and oxygen atoms in total. The molecule has 182 valence electrons. The Morgan fingerprint density at radius 3 is 1.82 bits per heavy atom. The van der Waals surface area contributed by atoms with Gasteiger partial charge >= 0.3 is 0 Å². The molecular weight excluding hydrogens is 509 g/mol. The zero-order chi connectivity index (χ0) is 25.5. The number of rotatable bonds is 2. The fourth-order valence-corrected chi connectivity index (χ4v) is 9.20. The van der Waals surface area contributed by atoms with Crippen molar-refractivity contribution >= 4 is 74.2 Å². The van der Waals surface area contributed by atoms with Gasteiger partial charge in [0, 0.05) is 51.8 Å². The van der Waals surface area contributed by atoms with Gasteiger partial charge in [0.25, 0.3) is 0 Å². The predicted molar refractivity (Wildman–Crippen MR) is 172 cm³/mol. The van der Waals surface area contributed by atoms with Crippen molar-refractivity contribution in [3.8, 4) is 11.1 Å². The number of allylic oxidation sites excluding steroid dienone is 6. The van der Waals surface area contributed by atoms with Crippen molar-refractivity contribution in [1.29, 1.82) is 0 Å². The third-order valence-electron chi connectivity index (χ3n) is 8.37. The van der Waals surface area contributed by atoms with Crippen LogP contribution in [-0.4, -0.2) is 0 Å². The molecule has 2 aliphatic rings. The van der Waals surface area contributed by atoms with E-state index in [-0.39, 0.29) is 5.92 Å². The summed E-state index contributed by atoms with van der Waals surface area (Å²) in [5.41, 5.74) is 9.60. The van der Waals surface area contributed by atoms with Crippen molar-refractivity contribution in [2.45, 2.75) is 5.92 Å². The van der Waals surface area contributed by atoms with Crippen molar-refractivity contribution < 1.29 is 0 Å². The van der Waals surface area contributed by atoms with Crippen LogP contribution in [0.1, 0.15) is 22.6 Å². The molecule has 0 aliphatic heterocycles. The lowest BCUT2D eigenvalue weighted by Gasteiger charge is -2.31. The van der Waals surface area contributed by atoms with Crippen LogP contribution in [0.4, 0.5) is 0 Å². The number of benzene rings is 5. The molecule has 0 amide bonds. The lowest BCUT2D eigenvalue weighted by atomic mass is 9.72. The molecule has 39 heavy (non-hydrogen) atoms. The Bertz CT molecular complexity index is 2230. The van der Waals surface area contributed by atoms with E-state index in [2.05, 4.69) is 127 Å². The van der Waals surface area contributed by atoms with Crippen molar-refractivity contribution in [2.75, 3.05) is 0 Å². The van der Waals surface area contributed by atoms with Crippen LogP contribution in [-0.2, 0) is 0 Å². The van der Waals surface area contributed by atoms with Crippen LogP contribution >= 0.6 is 22.7 Å². The number of thiophene rings is 2. The first-order valence-corrected chi connectivity index (χ1v) is 15.0. The smallest absolute Gasteiger partial charge is 0.0434 e. The Morgan fingerprint density at radius 1 is 0.487 bits per heavy atom. The van der Waals surface area contributed by atoms with E-state index in [1.54, 1.807) is 0 Å². The summed E-state index contributed by atoms with van der Waals surface area (Å²) in [5, 5.41) is 5.41. The van der Waals surface area contributed by atoms with Gasteiger partial charge in [-0.1, -0.05) is 115 Å². The molecule has 0 radical (unpaired) electrons. The standard InChI is InChI=1S/C37H22S2/c1-2-13-25-27-15-7-14-26(35(27)31-19-9-17-29-23-11-4-6-21-33(23)39-37(29)31)24(12-1)34(25)30-18-8-16-28-22-10-3-5-20-32(22)38-36(28)30/h1-21,24H/t24-/m0/s1. The van der Waals surface area contributed by atoms with E-state index < -0.39 is 0 Å². The van der Waals surface area contributed by atoms with E-state index in [9.17, 15) is 0 Å². The maximum atomic E-state index is 2.40. The Hall–Kier alpha value is -4.24. The molecule has 1 atom stereocenters. The summed E-state index contributed by atoms with van der Waals surface area (Å²) in [6.45, 7) is 0. The first-order valence-electron chi connectivity index (χ1n) is 13.4. The van der Waals surface area contributed by atoms with E-state index >= 15 is 0 Å². The van der Waals surface area contributed by atoms with Gasteiger partial charge in [0.15, 0.2) is 0 Å². The molecule has 4 bridgehead atoms. The zero-order valence-corrected chi connectivity index (χ0v) is 22.7. The SMILES string of the molecule is C1=CC2=C(c3cccc4c3sc3ccccc34)[C@@H](C=C1)c1cccc2c1-c1cccc2c1sc1ccccc12. The molecule has 7 aromatic rings. The second kappa shape index (κ2) is 8.13. The largest absolute Gasteiger partial charge is 0.135 e. The Kier molecular flexibility index (Phi) is 4.52. The molecule has 5 aromatic carbocycles. The summed E-state index contributed by atoms with van der Waals surface area (Å²) in [5.74, 6) is 0.194. The van der Waals surface area contributed by atoms with Crippen molar-refractivity contribution in [1.82, 2.24) is 0 Å². The van der Waals surface area contributed by atoms with Gasteiger partial charge in [-0.05, 0) is 45.5 Å². The minimum Gasteiger partial charge on any atom is -0.135 e. The van der Waals surface area contributed by atoms with E-state index in [1.807, 2.05) is 22.7 Å². The highest BCUT2D eigenvalue weighted by Crippen LogP contribution is 2.54. The Balaban J connectivity index is 1.37. The van der Waals surface area contributed by atoms with E-state index in [1.165, 1.54) is 79.3 Å². The van der Waals surface area contributed by atoms with Crippen LogP contribution in [0.5, 0.6) is 0 Å². The molecule has 9 rings (SSSR count). The predicted octanol–water partition coefficient (Wildman–Crippen LogP) is 11.2. The molecule has 2 aliphatic carbocycles. The molecule has 2 heteroatoms. The van der Waals surface area contributed by atoms with Gasteiger partial charge in [-0.2, -0.15) is 0 Å². The average molecular weight is 531 g/mol. The first kappa shape index (κ1) is 21.7. The molecular formula is C37H22S2. The highest BCUT2D eigenvalue weighted by atomic mass is 32.1. The fraction of sp³-hybridized carbons (Fsp3) is 0.0270. The van der Waals surface area contributed by atoms with Crippen LogP contribution in [0.15, 0.2) is 127 Å². The van der Waals surface area contributed by atoms with Crippen molar-refractivity contribution in [2.24, 2.45) is 0 Å². The highest BCUT2D eigenvalue weighted by molar-refractivity contribution is 7.26. The molecule has 2 heterocycles.